The van der Waals surface area contributed by atoms with Gasteiger partial charge in [-0.15, -0.1) is 0 Å². The van der Waals surface area contributed by atoms with Crippen LogP contribution >= 0.6 is 15.9 Å². The summed E-state index contributed by atoms with van der Waals surface area (Å²) in [6.07, 6.45) is 1.75. The molecule has 0 bridgehead atoms. The van der Waals surface area contributed by atoms with Crippen molar-refractivity contribution in [3.8, 4) is 11.5 Å². The topological polar surface area (TPSA) is 65.4 Å². The number of aromatic nitrogens is 2. The number of fused-ring (bicyclic) bond motifs is 1. The number of amides is 1. The molecule has 1 N–H and O–H groups in total. The van der Waals surface area contributed by atoms with E-state index in [4.69, 9.17) is 9.47 Å². The fourth-order valence-corrected chi connectivity index (χ4v) is 2.97. The van der Waals surface area contributed by atoms with Gasteiger partial charge in [0, 0.05) is 11.8 Å². The normalized spacial score (nSPS) is 12.2. The number of rotatable bonds is 4. The number of nitrogens with zero attached hydrogens (tertiary/aromatic N) is 2. The average Bonchev–Trinajstić information content (AvgIpc) is 3.23. The zero-order valence-corrected chi connectivity index (χ0v) is 15.0. The molecule has 132 valence electrons. The molecule has 4 rings (SSSR count). The summed E-state index contributed by atoms with van der Waals surface area (Å²) in [5.41, 5.74) is 1.34. The van der Waals surface area contributed by atoms with Gasteiger partial charge in [0.1, 0.15) is 5.82 Å². The Morgan fingerprint density at radius 2 is 1.96 bits per heavy atom. The fourth-order valence-electron chi connectivity index (χ4n) is 2.56. The Kier molecular flexibility index (Phi) is 4.34. The van der Waals surface area contributed by atoms with Crippen molar-refractivity contribution in [1.82, 2.24) is 9.78 Å². The van der Waals surface area contributed by atoms with Gasteiger partial charge in [0.25, 0.3) is 5.91 Å². The molecule has 2 aromatic carbocycles. The number of carbonyl (C=O) groups excluding carboxylic acids is 1. The summed E-state index contributed by atoms with van der Waals surface area (Å²) in [5, 5.41) is 7.11. The summed E-state index contributed by atoms with van der Waals surface area (Å²) in [6, 6.07) is 11.2. The Labute approximate surface area is 156 Å². The van der Waals surface area contributed by atoms with Gasteiger partial charge in [0.15, 0.2) is 17.3 Å². The van der Waals surface area contributed by atoms with Gasteiger partial charge >= 0.3 is 0 Å². The lowest BCUT2D eigenvalue weighted by Gasteiger charge is -2.04. The van der Waals surface area contributed by atoms with Crippen molar-refractivity contribution in [3.05, 3.63) is 70.1 Å². The third kappa shape index (κ3) is 3.41. The fraction of sp³-hybridized carbons (Fsp3) is 0.111. The predicted octanol–water partition coefficient (Wildman–Crippen LogP) is 3.81. The van der Waals surface area contributed by atoms with Crippen molar-refractivity contribution < 1.29 is 18.7 Å². The highest BCUT2D eigenvalue weighted by atomic mass is 79.9. The van der Waals surface area contributed by atoms with E-state index in [0.717, 1.165) is 5.56 Å². The number of nitrogens with one attached hydrogen (secondary N) is 1. The van der Waals surface area contributed by atoms with Crippen LogP contribution < -0.4 is 14.8 Å². The van der Waals surface area contributed by atoms with Crippen molar-refractivity contribution in [1.29, 1.82) is 0 Å². The van der Waals surface area contributed by atoms with E-state index in [1.54, 1.807) is 41.2 Å². The van der Waals surface area contributed by atoms with Crippen LogP contribution in [0.4, 0.5) is 10.2 Å². The van der Waals surface area contributed by atoms with E-state index >= 15 is 0 Å². The average molecular weight is 418 g/mol. The molecule has 1 amide bonds. The predicted molar refractivity (Wildman–Crippen MR) is 95.9 cm³/mol. The second-order valence-electron chi connectivity index (χ2n) is 5.67. The number of carbonyl (C=O) groups is 1. The van der Waals surface area contributed by atoms with E-state index in [2.05, 4.69) is 26.3 Å². The summed E-state index contributed by atoms with van der Waals surface area (Å²) in [4.78, 5) is 12.5. The van der Waals surface area contributed by atoms with Crippen molar-refractivity contribution in [2.45, 2.75) is 6.54 Å². The standard InChI is InChI=1S/C18H13BrFN3O3/c19-14-9-23(8-11-1-4-13(20)5-2-11)22-17(14)21-18(24)12-3-6-15-16(7-12)26-10-25-15/h1-7,9H,8,10H2,(H,21,22,24). The van der Waals surface area contributed by atoms with Gasteiger partial charge in [0.2, 0.25) is 6.79 Å². The first-order chi connectivity index (χ1) is 12.6. The second kappa shape index (κ2) is 6.80. The maximum atomic E-state index is 13.0. The molecule has 0 spiro atoms. The van der Waals surface area contributed by atoms with Crippen LogP contribution in [0, 0.1) is 5.82 Å². The van der Waals surface area contributed by atoms with Gasteiger partial charge in [-0.3, -0.25) is 9.48 Å². The molecule has 1 aliphatic heterocycles. The van der Waals surface area contributed by atoms with Crippen molar-refractivity contribution in [3.63, 3.8) is 0 Å². The lowest BCUT2D eigenvalue weighted by atomic mass is 10.2. The Bertz CT molecular complexity index is 972. The highest BCUT2D eigenvalue weighted by Gasteiger charge is 2.18. The van der Waals surface area contributed by atoms with Crippen molar-refractivity contribution in [2.24, 2.45) is 0 Å². The molecule has 2 heterocycles. The highest BCUT2D eigenvalue weighted by Crippen LogP contribution is 2.32. The Morgan fingerprint density at radius 3 is 2.77 bits per heavy atom. The number of halogens is 2. The summed E-state index contributed by atoms with van der Waals surface area (Å²) >= 11 is 3.39. The first-order valence-electron chi connectivity index (χ1n) is 7.77. The number of hydrogen-bond donors (Lipinski definition) is 1. The molecular formula is C18H13BrFN3O3. The molecule has 1 aromatic heterocycles. The van der Waals surface area contributed by atoms with Gasteiger partial charge in [-0.1, -0.05) is 12.1 Å². The highest BCUT2D eigenvalue weighted by molar-refractivity contribution is 9.10. The number of ether oxygens (including phenoxy) is 2. The van der Waals surface area contributed by atoms with E-state index in [9.17, 15) is 9.18 Å². The SMILES string of the molecule is O=C(Nc1nn(Cc2ccc(F)cc2)cc1Br)c1ccc2c(c1)OCO2. The van der Waals surface area contributed by atoms with Crippen LogP contribution in [0.2, 0.25) is 0 Å². The smallest absolute Gasteiger partial charge is 0.257 e. The third-order valence-electron chi connectivity index (χ3n) is 3.84. The molecular weight excluding hydrogens is 405 g/mol. The van der Waals surface area contributed by atoms with E-state index in [1.165, 1.54) is 12.1 Å². The quantitative estimate of drug-likeness (QED) is 0.700. The van der Waals surface area contributed by atoms with Crippen LogP contribution in [-0.4, -0.2) is 22.5 Å². The van der Waals surface area contributed by atoms with Gasteiger partial charge in [0.05, 0.1) is 11.0 Å². The summed E-state index contributed by atoms with van der Waals surface area (Å²) in [6.45, 7) is 0.610. The van der Waals surface area contributed by atoms with Crippen LogP contribution in [0.1, 0.15) is 15.9 Å². The molecule has 0 aliphatic carbocycles. The zero-order chi connectivity index (χ0) is 18.1. The Morgan fingerprint density at radius 1 is 1.19 bits per heavy atom. The minimum absolute atomic E-state index is 0.153. The lowest BCUT2D eigenvalue weighted by molar-refractivity contribution is 0.102. The molecule has 8 heteroatoms. The maximum absolute atomic E-state index is 13.0. The number of benzene rings is 2. The molecule has 0 fully saturated rings. The zero-order valence-electron chi connectivity index (χ0n) is 13.4. The monoisotopic (exact) mass is 417 g/mol. The van der Waals surface area contributed by atoms with E-state index < -0.39 is 0 Å². The van der Waals surface area contributed by atoms with E-state index in [1.807, 2.05) is 0 Å². The number of hydrogen-bond acceptors (Lipinski definition) is 4. The third-order valence-corrected chi connectivity index (χ3v) is 4.42. The molecule has 0 atom stereocenters. The summed E-state index contributed by atoms with van der Waals surface area (Å²) in [5.74, 6) is 0.961. The van der Waals surface area contributed by atoms with Crippen LogP contribution in [0.25, 0.3) is 0 Å². The van der Waals surface area contributed by atoms with Crippen LogP contribution in [0.5, 0.6) is 11.5 Å². The minimum atomic E-state index is -0.309. The van der Waals surface area contributed by atoms with Crippen LogP contribution in [0.3, 0.4) is 0 Å². The molecule has 26 heavy (non-hydrogen) atoms. The Hall–Kier alpha value is -2.87. The van der Waals surface area contributed by atoms with Gasteiger partial charge in [-0.25, -0.2) is 4.39 Å². The van der Waals surface area contributed by atoms with Crippen molar-refractivity contribution in [2.75, 3.05) is 12.1 Å². The van der Waals surface area contributed by atoms with Crippen molar-refractivity contribution >= 4 is 27.7 Å². The first kappa shape index (κ1) is 16.6. The Balaban J connectivity index is 1.48. The number of anilines is 1. The summed E-state index contributed by atoms with van der Waals surface area (Å²) in [7, 11) is 0. The van der Waals surface area contributed by atoms with Gasteiger partial charge in [-0.05, 0) is 51.8 Å². The van der Waals surface area contributed by atoms with Crippen LogP contribution in [0.15, 0.2) is 53.1 Å². The largest absolute Gasteiger partial charge is 0.454 e. The maximum Gasteiger partial charge on any atom is 0.257 e. The first-order valence-corrected chi connectivity index (χ1v) is 8.56. The molecule has 0 saturated carbocycles. The molecule has 0 saturated heterocycles. The van der Waals surface area contributed by atoms with Crippen LogP contribution in [-0.2, 0) is 6.54 Å². The molecule has 1 aliphatic rings. The molecule has 0 unspecified atom stereocenters. The molecule has 6 nitrogen and oxygen atoms in total. The van der Waals surface area contributed by atoms with E-state index in [0.29, 0.717) is 33.9 Å². The summed E-state index contributed by atoms with van der Waals surface area (Å²) < 4.78 is 25.8. The minimum Gasteiger partial charge on any atom is -0.454 e. The molecule has 0 radical (unpaired) electrons. The van der Waals surface area contributed by atoms with Gasteiger partial charge in [-0.2, -0.15) is 5.10 Å². The van der Waals surface area contributed by atoms with Gasteiger partial charge < -0.3 is 14.8 Å². The second-order valence-corrected chi connectivity index (χ2v) is 6.53. The lowest BCUT2D eigenvalue weighted by Crippen LogP contribution is -2.13. The van der Waals surface area contributed by atoms with E-state index in [-0.39, 0.29) is 18.5 Å². The molecule has 3 aromatic rings.